The zero-order chi connectivity index (χ0) is 14.5. The zero-order valence-electron chi connectivity index (χ0n) is 13.0. The van der Waals surface area contributed by atoms with Crippen molar-refractivity contribution in [3.8, 4) is 5.75 Å². The first-order valence-electron chi connectivity index (χ1n) is 7.26. The van der Waals surface area contributed by atoms with Gasteiger partial charge in [0.05, 0.1) is 7.11 Å². The molecule has 0 spiro atoms. The van der Waals surface area contributed by atoms with Crippen molar-refractivity contribution in [2.75, 3.05) is 25.5 Å². The number of amides is 1. The maximum Gasteiger partial charge on any atom is 0.224 e. The summed E-state index contributed by atoms with van der Waals surface area (Å²) in [6.07, 6.45) is 2.73. The normalized spacial score (nSPS) is 17.2. The van der Waals surface area contributed by atoms with E-state index in [1.807, 2.05) is 26.0 Å². The fourth-order valence-corrected chi connectivity index (χ4v) is 2.79. The van der Waals surface area contributed by atoms with Crippen LogP contribution in [0.15, 0.2) is 12.1 Å². The quantitative estimate of drug-likeness (QED) is 0.878. The molecule has 1 aliphatic rings. The summed E-state index contributed by atoms with van der Waals surface area (Å²) in [6, 6.07) is 3.92. The third-order valence-electron chi connectivity index (χ3n) is 4.02. The molecular weight excluding hydrogens is 288 g/mol. The summed E-state index contributed by atoms with van der Waals surface area (Å²) in [5.74, 6) is 1.59. The minimum absolute atomic E-state index is 0. The highest BCUT2D eigenvalue weighted by Gasteiger charge is 2.16. The predicted octanol–water partition coefficient (Wildman–Crippen LogP) is 3.06. The van der Waals surface area contributed by atoms with Crippen LogP contribution in [0.1, 0.15) is 30.4 Å². The second kappa shape index (κ2) is 8.25. The first-order valence-corrected chi connectivity index (χ1v) is 7.26. The number of ether oxygens (including phenoxy) is 1. The smallest absolute Gasteiger partial charge is 0.224 e. The molecule has 1 saturated heterocycles. The zero-order valence-corrected chi connectivity index (χ0v) is 13.8. The number of carbonyl (C=O) groups is 1. The summed E-state index contributed by atoms with van der Waals surface area (Å²) in [5.41, 5.74) is 2.92. The molecule has 1 aromatic carbocycles. The van der Waals surface area contributed by atoms with Gasteiger partial charge in [-0.25, -0.2) is 0 Å². The number of hydrogen-bond acceptors (Lipinski definition) is 3. The maximum atomic E-state index is 12.0. The summed E-state index contributed by atoms with van der Waals surface area (Å²) in [6.45, 7) is 6.11. The number of aryl methyl sites for hydroxylation is 1. The lowest BCUT2D eigenvalue weighted by Gasteiger charge is -2.14. The Hall–Kier alpha value is -1.26. The van der Waals surface area contributed by atoms with Crippen molar-refractivity contribution in [2.24, 2.45) is 5.92 Å². The van der Waals surface area contributed by atoms with Crippen LogP contribution in [0.2, 0.25) is 0 Å². The molecule has 1 amide bonds. The third kappa shape index (κ3) is 4.61. The molecular formula is C16H25ClN2O2. The Morgan fingerprint density at radius 3 is 2.81 bits per heavy atom. The van der Waals surface area contributed by atoms with Gasteiger partial charge in [-0.3, -0.25) is 4.79 Å². The molecule has 0 aliphatic carbocycles. The molecule has 1 aromatic rings. The number of benzene rings is 1. The van der Waals surface area contributed by atoms with Gasteiger partial charge in [-0.15, -0.1) is 12.4 Å². The molecule has 0 aromatic heterocycles. The van der Waals surface area contributed by atoms with Crippen LogP contribution in [0.4, 0.5) is 5.69 Å². The van der Waals surface area contributed by atoms with Crippen LogP contribution in [-0.2, 0) is 4.79 Å². The molecule has 2 rings (SSSR count). The number of halogens is 1. The Labute approximate surface area is 133 Å². The fraction of sp³-hybridized carbons (Fsp3) is 0.562. The molecule has 118 valence electrons. The molecule has 1 fully saturated rings. The highest BCUT2D eigenvalue weighted by molar-refractivity contribution is 5.92. The Balaban J connectivity index is 0.00000220. The van der Waals surface area contributed by atoms with Crippen molar-refractivity contribution in [1.82, 2.24) is 5.32 Å². The summed E-state index contributed by atoms with van der Waals surface area (Å²) < 4.78 is 5.38. The molecule has 2 N–H and O–H groups in total. The van der Waals surface area contributed by atoms with Crippen molar-refractivity contribution < 1.29 is 9.53 Å². The van der Waals surface area contributed by atoms with E-state index in [9.17, 15) is 4.79 Å². The SMILES string of the molecule is COc1c(C)ccc(NC(=O)CCC2CCNC2)c1C.Cl. The van der Waals surface area contributed by atoms with E-state index in [1.54, 1.807) is 7.11 Å². The molecule has 1 heterocycles. The lowest BCUT2D eigenvalue weighted by Crippen LogP contribution is -2.15. The number of anilines is 1. The molecule has 21 heavy (non-hydrogen) atoms. The number of nitrogens with one attached hydrogen (secondary N) is 2. The van der Waals surface area contributed by atoms with E-state index in [0.717, 1.165) is 42.1 Å². The van der Waals surface area contributed by atoms with Crippen LogP contribution in [0, 0.1) is 19.8 Å². The Kier molecular flexibility index (Phi) is 6.99. The largest absolute Gasteiger partial charge is 0.496 e. The van der Waals surface area contributed by atoms with Gasteiger partial charge in [-0.2, -0.15) is 0 Å². The van der Waals surface area contributed by atoms with E-state index in [0.29, 0.717) is 12.3 Å². The first kappa shape index (κ1) is 17.8. The van der Waals surface area contributed by atoms with Crippen LogP contribution < -0.4 is 15.4 Å². The Morgan fingerprint density at radius 1 is 1.43 bits per heavy atom. The second-order valence-electron chi connectivity index (χ2n) is 5.53. The van der Waals surface area contributed by atoms with Crippen LogP contribution in [0.25, 0.3) is 0 Å². The minimum Gasteiger partial charge on any atom is -0.496 e. The van der Waals surface area contributed by atoms with Gasteiger partial charge in [0, 0.05) is 17.7 Å². The molecule has 4 nitrogen and oxygen atoms in total. The fourth-order valence-electron chi connectivity index (χ4n) is 2.79. The average molecular weight is 313 g/mol. The number of methoxy groups -OCH3 is 1. The topological polar surface area (TPSA) is 50.4 Å². The standard InChI is InChI=1S/C16H24N2O2.ClH/c1-11-4-6-14(12(2)16(11)20-3)18-15(19)7-5-13-8-9-17-10-13;/h4,6,13,17H,5,7-10H2,1-3H3,(H,18,19);1H. The van der Waals surface area contributed by atoms with Gasteiger partial charge in [-0.1, -0.05) is 6.07 Å². The van der Waals surface area contributed by atoms with Crippen LogP contribution in [0.5, 0.6) is 5.75 Å². The van der Waals surface area contributed by atoms with Crippen LogP contribution in [-0.4, -0.2) is 26.1 Å². The van der Waals surface area contributed by atoms with E-state index >= 15 is 0 Å². The van der Waals surface area contributed by atoms with Gasteiger partial charge in [0.25, 0.3) is 0 Å². The third-order valence-corrected chi connectivity index (χ3v) is 4.02. The van der Waals surface area contributed by atoms with Gasteiger partial charge >= 0.3 is 0 Å². The first-order chi connectivity index (χ1) is 9.61. The number of hydrogen-bond donors (Lipinski definition) is 2. The van der Waals surface area contributed by atoms with E-state index < -0.39 is 0 Å². The van der Waals surface area contributed by atoms with Gasteiger partial charge in [-0.05, 0) is 57.3 Å². The lowest BCUT2D eigenvalue weighted by molar-refractivity contribution is -0.116. The second-order valence-corrected chi connectivity index (χ2v) is 5.53. The Morgan fingerprint density at radius 2 is 2.19 bits per heavy atom. The van der Waals surface area contributed by atoms with Gasteiger partial charge in [0.1, 0.15) is 5.75 Å². The molecule has 5 heteroatoms. The van der Waals surface area contributed by atoms with Crippen LogP contribution >= 0.6 is 12.4 Å². The van der Waals surface area contributed by atoms with Crippen molar-refractivity contribution >= 4 is 24.0 Å². The van der Waals surface area contributed by atoms with Gasteiger partial charge in [0.2, 0.25) is 5.91 Å². The van der Waals surface area contributed by atoms with Crippen molar-refractivity contribution in [2.45, 2.75) is 33.1 Å². The van der Waals surface area contributed by atoms with E-state index in [2.05, 4.69) is 10.6 Å². The highest BCUT2D eigenvalue weighted by Crippen LogP contribution is 2.29. The summed E-state index contributed by atoms with van der Waals surface area (Å²) in [5, 5.41) is 6.32. The lowest BCUT2D eigenvalue weighted by atomic mass is 10.0. The van der Waals surface area contributed by atoms with Crippen molar-refractivity contribution in [3.05, 3.63) is 23.3 Å². The number of rotatable bonds is 5. The molecule has 0 radical (unpaired) electrons. The van der Waals surface area contributed by atoms with E-state index in [4.69, 9.17) is 4.74 Å². The minimum atomic E-state index is 0. The summed E-state index contributed by atoms with van der Waals surface area (Å²) >= 11 is 0. The molecule has 0 saturated carbocycles. The van der Waals surface area contributed by atoms with Gasteiger partial charge < -0.3 is 15.4 Å². The Bertz CT molecular complexity index is 485. The molecule has 0 bridgehead atoms. The monoisotopic (exact) mass is 312 g/mol. The summed E-state index contributed by atoms with van der Waals surface area (Å²) in [7, 11) is 1.66. The maximum absolute atomic E-state index is 12.0. The van der Waals surface area contributed by atoms with E-state index in [-0.39, 0.29) is 18.3 Å². The van der Waals surface area contributed by atoms with Crippen LogP contribution in [0.3, 0.4) is 0 Å². The summed E-state index contributed by atoms with van der Waals surface area (Å²) in [4.78, 5) is 12.0. The molecule has 1 aliphatic heterocycles. The van der Waals surface area contributed by atoms with Crippen molar-refractivity contribution in [3.63, 3.8) is 0 Å². The molecule has 1 unspecified atom stereocenters. The molecule has 1 atom stereocenters. The highest BCUT2D eigenvalue weighted by atomic mass is 35.5. The van der Waals surface area contributed by atoms with E-state index in [1.165, 1.54) is 6.42 Å². The average Bonchev–Trinajstić information content (AvgIpc) is 2.94. The van der Waals surface area contributed by atoms with Crippen molar-refractivity contribution in [1.29, 1.82) is 0 Å². The van der Waals surface area contributed by atoms with Gasteiger partial charge in [0.15, 0.2) is 0 Å². The number of carbonyl (C=O) groups excluding carboxylic acids is 1. The predicted molar refractivity (Wildman–Crippen MR) is 88.6 cm³/mol.